The van der Waals surface area contributed by atoms with Gasteiger partial charge in [0.25, 0.3) is 17.7 Å². The number of aliphatic hydroxyl groups is 1. The first-order chi connectivity index (χ1) is 17.7. The van der Waals surface area contributed by atoms with Gasteiger partial charge in [-0.05, 0) is 24.3 Å². The number of carbonyl (C=O) groups is 5. The van der Waals surface area contributed by atoms with Crippen molar-refractivity contribution in [3.8, 4) is 0 Å². The Kier molecular flexibility index (Phi) is 9.11. The van der Waals surface area contributed by atoms with Crippen LogP contribution in [-0.4, -0.2) is 73.9 Å². The van der Waals surface area contributed by atoms with E-state index in [0.717, 1.165) is 4.90 Å². The molecule has 3 rings (SSSR count). The molecule has 3 N–H and O–H groups in total. The average molecular weight is 509 g/mol. The predicted molar refractivity (Wildman–Crippen MR) is 135 cm³/mol. The molecule has 0 unspecified atom stereocenters. The van der Waals surface area contributed by atoms with Crippen LogP contribution in [-0.2, 0) is 23.9 Å². The predicted octanol–water partition coefficient (Wildman–Crippen LogP) is 0.957. The lowest BCUT2D eigenvalue weighted by molar-refractivity contribution is -0.126. The van der Waals surface area contributed by atoms with Crippen LogP contribution in [0.5, 0.6) is 0 Å². The Morgan fingerprint density at radius 1 is 1.14 bits per heavy atom. The van der Waals surface area contributed by atoms with Gasteiger partial charge in [0.2, 0.25) is 5.91 Å². The quantitative estimate of drug-likeness (QED) is 0.320. The number of para-hydroxylation sites is 2. The van der Waals surface area contributed by atoms with Gasteiger partial charge in [0.15, 0.2) is 0 Å². The van der Waals surface area contributed by atoms with Gasteiger partial charge < -0.3 is 30.2 Å². The van der Waals surface area contributed by atoms with Crippen molar-refractivity contribution in [2.24, 2.45) is 0 Å². The van der Waals surface area contributed by atoms with Crippen LogP contribution in [0.2, 0.25) is 0 Å². The smallest absolute Gasteiger partial charge is 0.253 e. The summed E-state index contributed by atoms with van der Waals surface area (Å²) in [5.74, 6) is -2.59. The van der Waals surface area contributed by atoms with Crippen molar-refractivity contribution in [2.45, 2.75) is 18.5 Å². The summed E-state index contributed by atoms with van der Waals surface area (Å²) in [6, 6.07) is 12.5. The maximum Gasteiger partial charge on any atom is 0.253 e. The minimum absolute atomic E-state index is 0.186. The van der Waals surface area contributed by atoms with E-state index < -0.39 is 42.3 Å². The third-order valence-corrected chi connectivity index (χ3v) is 5.57. The summed E-state index contributed by atoms with van der Waals surface area (Å²) in [5, 5.41) is 14.5. The Hall–Kier alpha value is -4.51. The van der Waals surface area contributed by atoms with E-state index in [1.165, 1.54) is 12.0 Å². The number of hydrogen-bond acceptors (Lipinski definition) is 7. The molecule has 0 radical (unpaired) electrons. The zero-order valence-electron chi connectivity index (χ0n) is 20.3. The molecule has 1 aliphatic heterocycles. The second kappa shape index (κ2) is 12.5. The number of nitrogens with zero attached hydrogens (tertiary/aromatic N) is 2. The van der Waals surface area contributed by atoms with Gasteiger partial charge in [-0.1, -0.05) is 36.9 Å². The van der Waals surface area contributed by atoms with Crippen LogP contribution >= 0.6 is 0 Å². The number of aliphatic hydroxyl groups excluding tert-OH is 1. The number of methoxy groups -OCH3 is 1. The fourth-order valence-corrected chi connectivity index (χ4v) is 3.91. The fraction of sp³-hybridized carbons (Fsp3) is 0.269. The van der Waals surface area contributed by atoms with E-state index in [2.05, 4.69) is 17.2 Å². The highest BCUT2D eigenvalue weighted by Crippen LogP contribution is 2.33. The van der Waals surface area contributed by atoms with Crippen molar-refractivity contribution in [3.63, 3.8) is 0 Å². The van der Waals surface area contributed by atoms with Gasteiger partial charge in [0.05, 0.1) is 29.7 Å². The summed E-state index contributed by atoms with van der Waals surface area (Å²) in [5.41, 5.74) is 0.921. The van der Waals surface area contributed by atoms with E-state index in [1.807, 2.05) is 0 Å². The molecule has 194 valence electrons. The number of aldehydes is 1. The summed E-state index contributed by atoms with van der Waals surface area (Å²) >= 11 is 0. The summed E-state index contributed by atoms with van der Waals surface area (Å²) in [6.07, 6.45) is 0.264. The zero-order chi connectivity index (χ0) is 26.9. The van der Waals surface area contributed by atoms with E-state index in [9.17, 15) is 29.1 Å². The molecule has 2 atom stereocenters. The standard InChI is InChI=1S/C26H28N4O7/c1-17(32)12-19(15-31)27-23(33)14-30-22-11-7-6-10-21(22)29(24(34)16-37-2)13-20(26(30)36)28-25(35)18-8-4-3-5-9-18/h3-11,15,19-20,32H,1,12-14,16H2,2H3,(H,27,33)(H,28,35)/t19-,20-/m0/s1. The van der Waals surface area contributed by atoms with Gasteiger partial charge in [0, 0.05) is 19.1 Å². The molecule has 0 spiro atoms. The molecule has 0 aliphatic carbocycles. The zero-order valence-corrected chi connectivity index (χ0v) is 20.3. The third-order valence-electron chi connectivity index (χ3n) is 5.57. The average Bonchev–Trinajstić information content (AvgIpc) is 2.99. The van der Waals surface area contributed by atoms with Crippen LogP contribution in [0, 0.1) is 0 Å². The largest absolute Gasteiger partial charge is 0.513 e. The topological polar surface area (TPSA) is 145 Å². The fourth-order valence-electron chi connectivity index (χ4n) is 3.91. The molecule has 2 aromatic carbocycles. The van der Waals surface area contributed by atoms with Gasteiger partial charge >= 0.3 is 0 Å². The van der Waals surface area contributed by atoms with Gasteiger partial charge in [0.1, 0.15) is 25.5 Å². The Balaban J connectivity index is 1.97. The number of nitrogens with one attached hydrogen (secondary N) is 2. The molecule has 2 aromatic rings. The molecule has 0 saturated heterocycles. The van der Waals surface area contributed by atoms with Crippen molar-refractivity contribution < 1.29 is 33.8 Å². The Bertz CT molecular complexity index is 1180. The minimum Gasteiger partial charge on any atom is -0.513 e. The van der Waals surface area contributed by atoms with E-state index in [1.54, 1.807) is 54.6 Å². The number of ether oxygens (including phenoxy) is 1. The van der Waals surface area contributed by atoms with Crippen LogP contribution in [0.25, 0.3) is 0 Å². The molecule has 37 heavy (non-hydrogen) atoms. The van der Waals surface area contributed by atoms with E-state index in [0.29, 0.717) is 17.5 Å². The lowest BCUT2D eigenvalue weighted by Gasteiger charge is -2.25. The maximum absolute atomic E-state index is 13.7. The van der Waals surface area contributed by atoms with Gasteiger partial charge in [-0.2, -0.15) is 0 Å². The first kappa shape index (κ1) is 27.1. The highest BCUT2D eigenvalue weighted by atomic mass is 16.5. The van der Waals surface area contributed by atoms with Gasteiger partial charge in [-0.15, -0.1) is 0 Å². The second-order valence-electron chi connectivity index (χ2n) is 8.32. The SMILES string of the molecule is C=C(O)C[C@@H](C=O)NC(=O)CN1C(=O)[C@@H](NC(=O)c2ccccc2)CN(C(=O)COC)c2ccccc21. The molecule has 0 bridgehead atoms. The number of fused-ring (bicyclic) bond motifs is 1. The van der Waals surface area contributed by atoms with E-state index >= 15 is 0 Å². The molecular formula is C26H28N4O7. The molecule has 4 amide bonds. The third kappa shape index (κ3) is 6.79. The van der Waals surface area contributed by atoms with Crippen molar-refractivity contribution in [3.05, 3.63) is 72.5 Å². The number of hydrogen-bond donors (Lipinski definition) is 3. The Morgan fingerprint density at radius 2 is 1.78 bits per heavy atom. The van der Waals surface area contributed by atoms with Crippen molar-refractivity contribution in [1.29, 1.82) is 0 Å². The van der Waals surface area contributed by atoms with Crippen molar-refractivity contribution >= 4 is 41.3 Å². The number of anilines is 2. The van der Waals surface area contributed by atoms with Crippen LogP contribution < -0.4 is 20.4 Å². The van der Waals surface area contributed by atoms with Crippen LogP contribution in [0.3, 0.4) is 0 Å². The summed E-state index contributed by atoms with van der Waals surface area (Å²) < 4.78 is 5.00. The highest BCUT2D eigenvalue weighted by Gasteiger charge is 2.37. The van der Waals surface area contributed by atoms with E-state index in [4.69, 9.17) is 4.74 Å². The maximum atomic E-state index is 13.7. The molecule has 11 nitrogen and oxygen atoms in total. The number of carbonyl (C=O) groups excluding carboxylic acids is 5. The Morgan fingerprint density at radius 3 is 2.41 bits per heavy atom. The monoisotopic (exact) mass is 508 g/mol. The van der Waals surface area contributed by atoms with Crippen molar-refractivity contribution in [1.82, 2.24) is 10.6 Å². The molecule has 0 aromatic heterocycles. The molecule has 1 aliphatic rings. The summed E-state index contributed by atoms with van der Waals surface area (Å²) in [4.78, 5) is 66.2. The normalized spacial score (nSPS) is 15.7. The number of amides is 4. The number of rotatable bonds is 10. The van der Waals surface area contributed by atoms with Crippen LogP contribution in [0.15, 0.2) is 66.9 Å². The molecule has 11 heteroatoms. The molecule has 0 saturated carbocycles. The molecular weight excluding hydrogens is 480 g/mol. The Labute approximate surface area is 213 Å². The second-order valence-corrected chi connectivity index (χ2v) is 8.32. The number of benzene rings is 2. The van der Waals surface area contributed by atoms with Crippen LogP contribution in [0.4, 0.5) is 11.4 Å². The van der Waals surface area contributed by atoms with Gasteiger partial charge in [-0.25, -0.2) is 0 Å². The highest BCUT2D eigenvalue weighted by molar-refractivity contribution is 6.11. The van der Waals surface area contributed by atoms with E-state index in [-0.39, 0.29) is 31.0 Å². The summed E-state index contributed by atoms with van der Waals surface area (Å²) in [6.45, 7) is 2.34. The first-order valence-electron chi connectivity index (χ1n) is 11.4. The first-order valence-corrected chi connectivity index (χ1v) is 11.4. The molecule has 1 heterocycles. The lowest BCUT2D eigenvalue weighted by atomic mass is 10.1. The minimum atomic E-state index is -1.20. The summed E-state index contributed by atoms with van der Waals surface area (Å²) in [7, 11) is 1.36. The lowest BCUT2D eigenvalue weighted by Crippen LogP contribution is -2.55. The van der Waals surface area contributed by atoms with Crippen LogP contribution in [0.1, 0.15) is 16.8 Å². The van der Waals surface area contributed by atoms with Gasteiger partial charge in [-0.3, -0.25) is 24.1 Å². The molecule has 0 fully saturated rings. The van der Waals surface area contributed by atoms with Crippen molar-refractivity contribution in [2.75, 3.05) is 36.6 Å².